The van der Waals surface area contributed by atoms with E-state index >= 15 is 0 Å². The van der Waals surface area contributed by atoms with Crippen LogP contribution in [0, 0.1) is 0 Å². The van der Waals surface area contributed by atoms with Gasteiger partial charge in [0.05, 0.1) is 11.8 Å². The second-order valence-electron chi connectivity index (χ2n) is 3.17. The molecule has 0 aromatic carbocycles. The van der Waals surface area contributed by atoms with Crippen LogP contribution in [0.5, 0.6) is 5.88 Å². The van der Waals surface area contributed by atoms with Crippen molar-refractivity contribution in [3.05, 3.63) is 41.2 Å². The summed E-state index contributed by atoms with van der Waals surface area (Å²) in [5.41, 5.74) is 0.815. The van der Waals surface area contributed by atoms with Crippen molar-refractivity contribution in [2.24, 2.45) is 0 Å². The zero-order chi connectivity index (χ0) is 11.4. The van der Waals surface area contributed by atoms with Crippen LogP contribution in [-0.2, 0) is 13.0 Å². The Morgan fingerprint density at radius 3 is 3.00 bits per heavy atom. The smallest absolute Gasteiger partial charge is 0.221 e. The van der Waals surface area contributed by atoms with Gasteiger partial charge in [-0.15, -0.1) is 0 Å². The summed E-state index contributed by atoms with van der Waals surface area (Å²) in [6, 6.07) is 3.65. The minimum absolute atomic E-state index is 0.341. The van der Waals surface area contributed by atoms with Gasteiger partial charge in [-0.1, -0.05) is 18.5 Å². The minimum Gasteiger partial charge on any atom is -0.469 e. The van der Waals surface area contributed by atoms with E-state index in [0.717, 1.165) is 17.7 Å². The van der Waals surface area contributed by atoms with Crippen LogP contribution in [-0.4, -0.2) is 9.97 Å². The molecule has 84 valence electrons. The molecule has 0 aliphatic heterocycles. The maximum absolute atomic E-state index is 5.94. The highest BCUT2D eigenvalue weighted by Gasteiger charge is 2.09. The van der Waals surface area contributed by atoms with E-state index in [0.29, 0.717) is 17.6 Å². The summed E-state index contributed by atoms with van der Waals surface area (Å²) in [5.74, 6) is 1.26. The van der Waals surface area contributed by atoms with Crippen molar-refractivity contribution in [3.63, 3.8) is 0 Å². The third-order valence-corrected chi connectivity index (χ3v) is 2.46. The topological polar surface area (TPSA) is 48.2 Å². The SMILES string of the molecule is CCc1c(Cl)ncnc1OCc1ccco1. The lowest BCUT2D eigenvalue weighted by Gasteiger charge is -2.08. The lowest BCUT2D eigenvalue weighted by Crippen LogP contribution is -2.01. The Labute approximate surface area is 98.2 Å². The number of hydrogen-bond acceptors (Lipinski definition) is 4. The number of rotatable bonds is 4. The van der Waals surface area contributed by atoms with E-state index in [1.165, 1.54) is 6.33 Å². The van der Waals surface area contributed by atoms with Gasteiger partial charge in [-0.25, -0.2) is 9.97 Å². The van der Waals surface area contributed by atoms with E-state index in [1.54, 1.807) is 6.26 Å². The van der Waals surface area contributed by atoms with Crippen LogP contribution in [0.15, 0.2) is 29.1 Å². The number of hydrogen-bond donors (Lipinski definition) is 0. The molecule has 2 heterocycles. The number of nitrogens with zero attached hydrogens (tertiary/aromatic N) is 2. The Kier molecular flexibility index (Phi) is 3.41. The molecule has 2 aromatic rings. The van der Waals surface area contributed by atoms with Gasteiger partial charge in [0.1, 0.15) is 23.8 Å². The largest absolute Gasteiger partial charge is 0.469 e. The first-order valence-corrected chi connectivity index (χ1v) is 5.33. The Bertz CT molecular complexity index is 457. The molecule has 4 nitrogen and oxygen atoms in total. The molecule has 0 spiro atoms. The van der Waals surface area contributed by atoms with Crippen LogP contribution in [0.3, 0.4) is 0 Å². The third-order valence-electron chi connectivity index (χ3n) is 2.14. The zero-order valence-corrected chi connectivity index (χ0v) is 9.57. The molecule has 5 heteroatoms. The highest BCUT2D eigenvalue weighted by atomic mass is 35.5. The van der Waals surface area contributed by atoms with E-state index in [4.69, 9.17) is 20.8 Å². The standard InChI is InChI=1S/C11H11ClN2O2/c1-2-9-10(12)13-7-14-11(9)16-6-8-4-3-5-15-8/h3-5,7H,2,6H2,1H3. The number of halogens is 1. The summed E-state index contributed by atoms with van der Waals surface area (Å²) in [5, 5.41) is 0.437. The highest BCUT2D eigenvalue weighted by molar-refractivity contribution is 6.30. The molecule has 0 fully saturated rings. The van der Waals surface area contributed by atoms with E-state index in [-0.39, 0.29) is 0 Å². The number of aromatic nitrogens is 2. The predicted molar refractivity (Wildman–Crippen MR) is 59.5 cm³/mol. The number of ether oxygens (including phenoxy) is 1. The average Bonchev–Trinajstić information content (AvgIpc) is 2.79. The quantitative estimate of drug-likeness (QED) is 0.769. The molecular weight excluding hydrogens is 228 g/mol. The molecule has 16 heavy (non-hydrogen) atoms. The summed E-state index contributed by atoms with van der Waals surface area (Å²) in [4.78, 5) is 7.96. The van der Waals surface area contributed by atoms with E-state index in [2.05, 4.69) is 9.97 Å². The van der Waals surface area contributed by atoms with Gasteiger partial charge in [0.15, 0.2) is 0 Å². The summed E-state index contributed by atoms with van der Waals surface area (Å²) >= 11 is 5.94. The predicted octanol–water partition coefficient (Wildman–Crippen LogP) is 2.86. The van der Waals surface area contributed by atoms with Gasteiger partial charge < -0.3 is 9.15 Å². The molecule has 0 unspecified atom stereocenters. The normalized spacial score (nSPS) is 10.4. The fourth-order valence-electron chi connectivity index (χ4n) is 1.33. The van der Waals surface area contributed by atoms with Crippen molar-refractivity contribution in [3.8, 4) is 5.88 Å². The Morgan fingerprint density at radius 1 is 1.44 bits per heavy atom. The summed E-state index contributed by atoms with van der Waals surface area (Å²) in [6.45, 7) is 2.32. The molecule has 0 aliphatic rings. The molecule has 0 atom stereocenters. The monoisotopic (exact) mass is 238 g/mol. The Hall–Kier alpha value is -1.55. The van der Waals surface area contributed by atoms with Crippen molar-refractivity contribution in [2.75, 3.05) is 0 Å². The van der Waals surface area contributed by atoms with Crippen molar-refractivity contribution in [1.29, 1.82) is 0 Å². The van der Waals surface area contributed by atoms with Crippen LogP contribution >= 0.6 is 11.6 Å². The molecule has 0 radical (unpaired) electrons. The fourth-order valence-corrected chi connectivity index (χ4v) is 1.59. The first kappa shape index (κ1) is 11.0. The van der Waals surface area contributed by atoms with Crippen molar-refractivity contribution < 1.29 is 9.15 Å². The fraction of sp³-hybridized carbons (Fsp3) is 0.273. The molecular formula is C11H11ClN2O2. The maximum atomic E-state index is 5.94. The van der Waals surface area contributed by atoms with Crippen molar-refractivity contribution >= 4 is 11.6 Å². The molecule has 0 saturated carbocycles. The van der Waals surface area contributed by atoms with Crippen LogP contribution < -0.4 is 4.74 Å². The second kappa shape index (κ2) is 4.99. The summed E-state index contributed by atoms with van der Waals surface area (Å²) in [7, 11) is 0. The van der Waals surface area contributed by atoms with E-state index in [9.17, 15) is 0 Å². The third kappa shape index (κ3) is 2.33. The summed E-state index contributed by atoms with van der Waals surface area (Å²) < 4.78 is 10.7. The molecule has 2 rings (SSSR count). The summed E-state index contributed by atoms with van der Waals surface area (Å²) in [6.07, 6.45) is 3.72. The van der Waals surface area contributed by atoms with Crippen molar-refractivity contribution in [1.82, 2.24) is 9.97 Å². The Balaban J connectivity index is 2.12. The van der Waals surface area contributed by atoms with Crippen LogP contribution in [0.4, 0.5) is 0 Å². The van der Waals surface area contributed by atoms with E-state index < -0.39 is 0 Å². The molecule has 0 saturated heterocycles. The highest BCUT2D eigenvalue weighted by Crippen LogP contribution is 2.22. The van der Waals surface area contributed by atoms with Gasteiger partial charge in [0.2, 0.25) is 5.88 Å². The van der Waals surface area contributed by atoms with Gasteiger partial charge in [-0.05, 0) is 18.6 Å². The van der Waals surface area contributed by atoms with Crippen LogP contribution in [0.2, 0.25) is 5.15 Å². The second-order valence-corrected chi connectivity index (χ2v) is 3.53. The van der Waals surface area contributed by atoms with Gasteiger partial charge >= 0.3 is 0 Å². The molecule has 0 amide bonds. The van der Waals surface area contributed by atoms with Gasteiger partial charge in [-0.3, -0.25) is 0 Å². The van der Waals surface area contributed by atoms with Gasteiger partial charge in [0, 0.05) is 0 Å². The molecule has 0 bridgehead atoms. The lowest BCUT2D eigenvalue weighted by molar-refractivity contribution is 0.257. The first-order chi connectivity index (χ1) is 7.81. The zero-order valence-electron chi connectivity index (χ0n) is 8.81. The average molecular weight is 239 g/mol. The van der Waals surface area contributed by atoms with Crippen LogP contribution in [0.25, 0.3) is 0 Å². The van der Waals surface area contributed by atoms with Gasteiger partial charge in [0.25, 0.3) is 0 Å². The van der Waals surface area contributed by atoms with Crippen molar-refractivity contribution in [2.45, 2.75) is 20.0 Å². The molecule has 2 aromatic heterocycles. The first-order valence-electron chi connectivity index (χ1n) is 4.95. The van der Waals surface area contributed by atoms with Gasteiger partial charge in [-0.2, -0.15) is 0 Å². The molecule has 0 N–H and O–H groups in total. The van der Waals surface area contributed by atoms with E-state index in [1.807, 2.05) is 19.1 Å². The maximum Gasteiger partial charge on any atom is 0.221 e. The minimum atomic E-state index is 0.341. The lowest BCUT2D eigenvalue weighted by atomic mass is 10.2. The Morgan fingerprint density at radius 2 is 2.31 bits per heavy atom. The molecule has 0 aliphatic carbocycles. The van der Waals surface area contributed by atoms with Crippen LogP contribution in [0.1, 0.15) is 18.2 Å². The number of furan rings is 1.